The van der Waals surface area contributed by atoms with Crippen LogP contribution in [0.4, 0.5) is 19.0 Å². The summed E-state index contributed by atoms with van der Waals surface area (Å²) in [6, 6.07) is 21.0. The van der Waals surface area contributed by atoms with Crippen LogP contribution in [0.25, 0.3) is 0 Å². The van der Waals surface area contributed by atoms with Gasteiger partial charge in [-0.15, -0.1) is 5.10 Å². The van der Waals surface area contributed by atoms with Gasteiger partial charge in [0.1, 0.15) is 0 Å². The zero-order valence-corrected chi connectivity index (χ0v) is 25.4. The van der Waals surface area contributed by atoms with E-state index in [4.69, 9.17) is 9.47 Å². The van der Waals surface area contributed by atoms with Gasteiger partial charge in [0.25, 0.3) is 5.91 Å². The predicted molar refractivity (Wildman–Crippen MR) is 163 cm³/mol. The van der Waals surface area contributed by atoms with Crippen LogP contribution in [0.3, 0.4) is 0 Å². The summed E-state index contributed by atoms with van der Waals surface area (Å²) in [5.74, 6) is -2.56. The minimum atomic E-state index is -4.61. The number of carbonyl (C=O) groups is 3. The van der Waals surface area contributed by atoms with Crippen LogP contribution in [0.15, 0.2) is 102 Å². The smallest absolute Gasteiger partial charge is 0.416 e. The molecule has 2 atom stereocenters. The second-order valence-corrected chi connectivity index (χ2v) is 11.0. The maximum atomic E-state index is 14.4. The summed E-state index contributed by atoms with van der Waals surface area (Å²) >= 11 is 0. The lowest BCUT2D eigenvalue weighted by molar-refractivity contribution is -0.152. The van der Waals surface area contributed by atoms with E-state index < -0.39 is 47.3 Å². The van der Waals surface area contributed by atoms with Crippen LogP contribution in [0.2, 0.25) is 0 Å². The van der Waals surface area contributed by atoms with Crippen LogP contribution in [-0.4, -0.2) is 35.0 Å². The first-order chi connectivity index (χ1) is 21.9. The molecule has 236 valence electrons. The molecule has 1 aromatic heterocycles. The number of aryl methyl sites for hydroxylation is 1. The fourth-order valence-electron chi connectivity index (χ4n) is 5.14. The lowest BCUT2D eigenvalue weighted by Crippen LogP contribution is -2.32. The number of carbonyl (C=O) groups excluding carboxylic acids is 3. The zero-order chi connectivity index (χ0) is 33.2. The Hall–Kier alpha value is -5.32. The molecule has 3 aromatic carbocycles. The first-order valence-corrected chi connectivity index (χ1v) is 14.4. The maximum absolute atomic E-state index is 14.4. The third-order valence-electron chi connectivity index (χ3n) is 7.61. The zero-order valence-electron chi connectivity index (χ0n) is 25.4. The topological polar surface area (TPSA) is 98.7 Å². The van der Waals surface area contributed by atoms with Gasteiger partial charge in [0.15, 0.2) is 17.4 Å². The van der Waals surface area contributed by atoms with Crippen molar-refractivity contribution in [2.24, 2.45) is 0 Å². The number of rotatable bonds is 9. The van der Waals surface area contributed by atoms with Crippen LogP contribution < -0.4 is 4.90 Å². The normalized spacial score (nSPS) is 15.7. The summed E-state index contributed by atoms with van der Waals surface area (Å²) in [7, 11) is 1.16. The predicted octanol–water partition coefficient (Wildman–Crippen LogP) is 7.08. The Morgan fingerprint density at radius 2 is 1.50 bits per heavy atom. The standard InChI is InChI=1S/C35H30F3N3O5/c1-20(2)22-11-13-24(14-12-22)30(42)28-29(23-15-17-26(18-16-23)35(36,37)38)41(27-19-10-21(3)39-40-27)33(43)32(28)46-31(34(44)45-4)25-8-6-5-7-9-25/h5-20,29,31H,1-4H3/t29-,31+/m1/s1. The third-order valence-corrected chi connectivity index (χ3v) is 7.61. The van der Waals surface area contributed by atoms with Crippen molar-refractivity contribution in [1.82, 2.24) is 10.2 Å². The van der Waals surface area contributed by atoms with E-state index in [0.717, 1.165) is 29.7 Å². The molecule has 4 aromatic rings. The van der Waals surface area contributed by atoms with Gasteiger partial charge in [-0.3, -0.25) is 14.5 Å². The van der Waals surface area contributed by atoms with Crippen molar-refractivity contribution in [3.63, 3.8) is 0 Å². The van der Waals surface area contributed by atoms with Crippen LogP contribution in [0.1, 0.15) is 70.2 Å². The Labute approximate surface area is 263 Å². The summed E-state index contributed by atoms with van der Waals surface area (Å²) in [6.07, 6.45) is -6.06. The van der Waals surface area contributed by atoms with Gasteiger partial charge in [-0.25, -0.2) is 4.79 Å². The second-order valence-electron chi connectivity index (χ2n) is 11.0. The Kier molecular flexibility index (Phi) is 9.04. The summed E-state index contributed by atoms with van der Waals surface area (Å²) in [4.78, 5) is 42.9. The molecule has 46 heavy (non-hydrogen) atoms. The van der Waals surface area contributed by atoms with Crippen molar-refractivity contribution >= 4 is 23.5 Å². The van der Waals surface area contributed by atoms with Crippen molar-refractivity contribution in [2.75, 3.05) is 12.0 Å². The monoisotopic (exact) mass is 629 g/mol. The molecule has 8 nitrogen and oxygen atoms in total. The molecule has 0 radical (unpaired) electrons. The minimum absolute atomic E-state index is 0.0221. The van der Waals surface area contributed by atoms with Crippen molar-refractivity contribution in [3.8, 4) is 0 Å². The van der Waals surface area contributed by atoms with Gasteiger partial charge >= 0.3 is 12.1 Å². The minimum Gasteiger partial charge on any atom is -0.468 e. The number of hydrogen-bond acceptors (Lipinski definition) is 7. The molecule has 0 N–H and O–H groups in total. The largest absolute Gasteiger partial charge is 0.468 e. The average molecular weight is 630 g/mol. The Morgan fingerprint density at radius 1 is 0.848 bits per heavy atom. The summed E-state index contributed by atoms with van der Waals surface area (Å²) in [6.45, 7) is 5.69. The van der Waals surface area contributed by atoms with Crippen LogP contribution >= 0.6 is 0 Å². The van der Waals surface area contributed by atoms with Crippen LogP contribution in [0, 0.1) is 6.92 Å². The number of methoxy groups -OCH3 is 1. The number of alkyl halides is 3. The van der Waals surface area contributed by atoms with Crippen molar-refractivity contribution in [1.29, 1.82) is 0 Å². The van der Waals surface area contributed by atoms with Gasteiger partial charge in [0.2, 0.25) is 6.10 Å². The van der Waals surface area contributed by atoms with Crippen molar-refractivity contribution < 1.29 is 37.0 Å². The van der Waals surface area contributed by atoms with E-state index >= 15 is 0 Å². The molecule has 1 aliphatic rings. The summed E-state index contributed by atoms with van der Waals surface area (Å²) < 4.78 is 51.7. The molecule has 0 bridgehead atoms. The van der Waals surface area contributed by atoms with Gasteiger partial charge in [0.05, 0.1) is 30.0 Å². The highest BCUT2D eigenvalue weighted by Gasteiger charge is 2.48. The second kappa shape index (κ2) is 13.0. The lowest BCUT2D eigenvalue weighted by Gasteiger charge is -2.26. The van der Waals surface area contributed by atoms with Crippen molar-refractivity contribution in [3.05, 3.63) is 136 Å². The fraction of sp³-hybridized carbons (Fsp3) is 0.229. The van der Waals surface area contributed by atoms with E-state index in [2.05, 4.69) is 10.2 Å². The third kappa shape index (κ3) is 6.39. The number of ether oxygens (including phenoxy) is 2. The van der Waals surface area contributed by atoms with E-state index in [0.29, 0.717) is 11.3 Å². The number of Topliss-reactive ketones (excluding diaryl/α,β-unsaturated/α-hetero) is 1. The summed E-state index contributed by atoms with van der Waals surface area (Å²) in [5.41, 5.74) is 1.15. The Balaban J connectivity index is 1.74. The maximum Gasteiger partial charge on any atom is 0.416 e. The molecule has 0 aliphatic carbocycles. The Morgan fingerprint density at radius 3 is 2.04 bits per heavy atom. The van der Waals surface area contributed by atoms with Crippen molar-refractivity contribution in [2.45, 2.75) is 45.0 Å². The average Bonchev–Trinajstić information content (AvgIpc) is 3.34. The molecular formula is C35H30F3N3O5. The summed E-state index contributed by atoms with van der Waals surface area (Å²) in [5, 5.41) is 8.20. The number of anilines is 1. The SMILES string of the molecule is COC(=O)[C@@H](OC1=C(C(=O)c2ccc(C(C)C)cc2)[C@@H](c2ccc(C(F)(F)F)cc2)N(c2ccc(C)nn2)C1=O)c1ccccc1. The number of aromatic nitrogens is 2. The van der Waals surface area contributed by atoms with Gasteiger partial charge < -0.3 is 9.47 Å². The molecule has 0 unspecified atom stereocenters. The number of benzene rings is 3. The van der Waals surface area contributed by atoms with E-state index in [-0.39, 0.29) is 28.4 Å². The first-order valence-electron chi connectivity index (χ1n) is 14.4. The lowest BCUT2D eigenvalue weighted by atomic mass is 9.91. The van der Waals surface area contributed by atoms with Gasteiger partial charge in [0, 0.05) is 11.1 Å². The number of hydrogen-bond donors (Lipinski definition) is 0. The fourth-order valence-corrected chi connectivity index (χ4v) is 5.14. The molecule has 1 aliphatic heterocycles. The van der Waals surface area contributed by atoms with Crippen LogP contribution in [-0.2, 0) is 25.2 Å². The molecule has 1 amide bonds. The molecule has 0 spiro atoms. The molecular weight excluding hydrogens is 599 g/mol. The highest BCUT2D eigenvalue weighted by molar-refractivity contribution is 6.21. The van der Waals surface area contributed by atoms with E-state index in [9.17, 15) is 27.6 Å². The van der Waals surface area contributed by atoms with Gasteiger partial charge in [-0.2, -0.15) is 18.3 Å². The number of esters is 1. The van der Waals surface area contributed by atoms with E-state index in [1.165, 1.54) is 18.2 Å². The molecule has 11 heteroatoms. The van der Waals surface area contributed by atoms with Gasteiger partial charge in [-0.05, 0) is 48.2 Å². The van der Waals surface area contributed by atoms with Crippen LogP contribution in [0.5, 0.6) is 0 Å². The molecule has 0 fully saturated rings. The quantitative estimate of drug-likeness (QED) is 0.144. The highest BCUT2D eigenvalue weighted by Crippen LogP contribution is 2.44. The highest BCUT2D eigenvalue weighted by atomic mass is 19.4. The molecule has 2 heterocycles. The Bertz CT molecular complexity index is 1770. The number of nitrogens with zero attached hydrogens (tertiary/aromatic N) is 3. The number of halogens is 3. The van der Waals surface area contributed by atoms with E-state index in [1.807, 2.05) is 13.8 Å². The molecule has 0 saturated carbocycles. The van der Waals surface area contributed by atoms with Gasteiger partial charge in [-0.1, -0.05) is 80.6 Å². The molecule has 5 rings (SSSR count). The number of ketones is 1. The van der Waals surface area contributed by atoms with E-state index in [1.54, 1.807) is 67.6 Å². The first kappa shape index (κ1) is 32.1. The molecule has 0 saturated heterocycles. The number of amides is 1.